The molecule has 0 saturated heterocycles. The third kappa shape index (κ3) is 1.69. The molecule has 4 heteroatoms. The van der Waals surface area contributed by atoms with Crippen molar-refractivity contribution in [2.75, 3.05) is 0 Å². The van der Waals surface area contributed by atoms with Gasteiger partial charge < -0.3 is 0 Å². The number of fused-ring (bicyclic) bond motifs is 3. The highest BCUT2D eigenvalue weighted by Gasteiger charge is 2.12. The van der Waals surface area contributed by atoms with E-state index in [1.165, 1.54) is 0 Å². The summed E-state index contributed by atoms with van der Waals surface area (Å²) in [5.41, 5.74) is 4.18. The molecule has 0 N–H and O–H groups in total. The van der Waals surface area contributed by atoms with E-state index in [1.54, 1.807) is 10.8 Å². The van der Waals surface area contributed by atoms with E-state index in [-0.39, 0.29) is 5.56 Å². The monoisotopic (exact) mass is 275 g/mol. The Morgan fingerprint density at radius 1 is 0.952 bits per heavy atom. The van der Waals surface area contributed by atoms with E-state index in [2.05, 4.69) is 4.98 Å². The Morgan fingerprint density at radius 2 is 1.71 bits per heavy atom. The fourth-order valence-electron chi connectivity index (χ4n) is 2.66. The van der Waals surface area contributed by atoms with E-state index in [0.29, 0.717) is 5.52 Å². The van der Waals surface area contributed by atoms with E-state index in [1.807, 2.05) is 66.1 Å². The molecular weight excluding hydrogens is 262 g/mol. The highest BCUT2D eigenvalue weighted by Crippen LogP contribution is 2.17. The van der Waals surface area contributed by atoms with Gasteiger partial charge >= 0.3 is 0 Å². The smallest absolute Gasteiger partial charge is 0.279 e. The average Bonchev–Trinajstić information content (AvgIpc) is 2.99. The number of aromatic nitrogens is 3. The summed E-state index contributed by atoms with van der Waals surface area (Å²) < 4.78 is 3.56. The van der Waals surface area contributed by atoms with Gasteiger partial charge in [0, 0.05) is 18.1 Å². The van der Waals surface area contributed by atoms with Crippen molar-refractivity contribution < 1.29 is 0 Å². The number of hydrogen-bond donors (Lipinski definition) is 0. The molecule has 0 atom stereocenters. The van der Waals surface area contributed by atoms with Crippen LogP contribution in [0.2, 0.25) is 0 Å². The largest absolute Gasteiger partial charge is 0.295 e. The summed E-state index contributed by atoms with van der Waals surface area (Å²) in [7, 11) is 0. The van der Waals surface area contributed by atoms with Gasteiger partial charge in [-0.3, -0.25) is 13.8 Å². The van der Waals surface area contributed by atoms with Gasteiger partial charge in [-0.15, -0.1) is 0 Å². The molecule has 0 radical (unpaired) electrons. The van der Waals surface area contributed by atoms with Crippen LogP contribution in [0.4, 0.5) is 0 Å². The lowest BCUT2D eigenvalue weighted by molar-refractivity contribution is 1.01. The second-order valence-corrected chi connectivity index (χ2v) is 5.09. The molecule has 0 aliphatic carbocycles. The number of hydrogen-bond acceptors (Lipinski definition) is 2. The first kappa shape index (κ1) is 11.9. The summed E-state index contributed by atoms with van der Waals surface area (Å²) in [5.74, 6) is 0. The van der Waals surface area contributed by atoms with Crippen molar-refractivity contribution in [2.45, 2.75) is 6.92 Å². The van der Waals surface area contributed by atoms with E-state index in [9.17, 15) is 4.79 Å². The summed E-state index contributed by atoms with van der Waals surface area (Å²) in [6.07, 6.45) is 3.61. The minimum atomic E-state index is -0.0376. The first-order valence-electron chi connectivity index (χ1n) is 6.79. The predicted octanol–water partition coefficient (Wildman–Crippen LogP) is 2.95. The molecule has 1 aromatic carbocycles. The van der Waals surface area contributed by atoms with Crippen molar-refractivity contribution in [2.24, 2.45) is 0 Å². The van der Waals surface area contributed by atoms with Crippen molar-refractivity contribution >= 4 is 16.7 Å². The zero-order valence-corrected chi connectivity index (χ0v) is 11.5. The molecule has 4 nitrogen and oxygen atoms in total. The van der Waals surface area contributed by atoms with Crippen LogP contribution in [0.1, 0.15) is 5.56 Å². The van der Waals surface area contributed by atoms with Crippen LogP contribution in [-0.4, -0.2) is 14.0 Å². The molecule has 3 heterocycles. The van der Waals surface area contributed by atoms with Crippen molar-refractivity contribution in [1.29, 1.82) is 0 Å². The van der Waals surface area contributed by atoms with Gasteiger partial charge in [0.25, 0.3) is 5.56 Å². The van der Waals surface area contributed by atoms with E-state index in [4.69, 9.17) is 0 Å². The van der Waals surface area contributed by atoms with Crippen LogP contribution < -0.4 is 5.56 Å². The Morgan fingerprint density at radius 3 is 2.52 bits per heavy atom. The summed E-state index contributed by atoms with van der Waals surface area (Å²) in [6.45, 7) is 2.03. The molecule has 0 fully saturated rings. The third-order valence-electron chi connectivity index (χ3n) is 3.70. The summed E-state index contributed by atoms with van der Waals surface area (Å²) in [6, 6.07) is 15.4. The fraction of sp³-hybridized carbons (Fsp3) is 0.0588. The maximum absolute atomic E-state index is 12.8. The number of pyridine rings is 1. The molecule has 102 valence electrons. The Labute approximate surface area is 120 Å². The van der Waals surface area contributed by atoms with Crippen LogP contribution >= 0.6 is 0 Å². The summed E-state index contributed by atoms with van der Waals surface area (Å²) in [5, 5.41) is 0. The molecule has 21 heavy (non-hydrogen) atoms. The zero-order chi connectivity index (χ0) is 14.4. The van der Waals surface area contributed by atoms with Crippen LogP contribution in [0.15, 0.2) is 65.7 Å². The Bertz CT molecular complexity index is 1010. The Kier molecular flexibility index (Phi) is 2.44. The van der Waals surface area contributed by atoms with Crippen LogP contribution in [0.3, 0.4) is 0 Å². The lowest BCUT2D eigenvalue weighted by Gasteiger charge is -2.12. The van der Waals surface area contributed by atoms with Crippen LogP contribution in [0.5, 0.6) is 0 Å². The van der Waals surface area contributed by atoms with Crippen LogP contribution in [-0.2, 0) is 0 Å². The fourth-order valence-corrected chi connectivity index (χ4v) is 2.66. The van der Waals surface area contributed by atoms with Crippen molar-refractivity contribution in [1.82, 2.24) is 14.0 Å². The van der Waals surface area contributed by atoms with Gasteiger partial charge in [-0.25, -0.2) is 4.98 Å². The molecule has 0 saturated carbocycles. The van der Waals surface area contributed by atoms with E-state index >= 15 is 0 Å². The molecule has 0 amide bonds. The molecule has 3 aromatic heterocycles. The van der Waals surface area contributed by atoms with Gasteiger partial charge in [0.2, 0.25) is 0 Å². The van der Waals surface area contributed by atoms with Gasteiger partial charge in [-0.1, -0.05) is 17.7 Å². The first-order valence-corrected chi connectivity index (χ1v) is 6.79. The lowest BCUT2D eigenvalue weighted by atomic mass is 10.2. The van der Waals surface area contributed by atoms with Crippen LogP contribution in [0.25, 0.3) is 22.4 Å². The van der Waals surface area contributed by atoms with Crippen molar-refractivity contribution in [3.63, 3.8) is 0 Å². The van der Waals surface area contributed by atoms with Gasteiger partial charge in [-0.2, -0.15) is 0 Å². The minimum absolute atomic E-state index is 0.0376. The Hall–Kier alpha value is -2.88. The van der Waals surface area contributed by atoms with E-state index < -0.39 is 0 Å². The highest BCUT2D eigenvalue weighted by molar-refractivity contribution is 5.77. The average molecular weight is 275 g/mol. The molecule has 0 aliphatic rings. The molecule has 4 aromatic rings. The predicted molar refractivity (Wildman–Crippen MR) is 83.0 cm³/mol. The van der Waals surface area contributed by atoms with Crippen LogP contribution in [0, 0.1) is 6.92 Å². The molecule has 0 unspecified atom stereocenters. The maximum Gasteiger partial charge on any atom is 0.279 e. The van der Waals surface area contributed by atoms with Crippen molar-refractivity contribution in [3.8, 4) is 5.69 Å². The summed E-state index contributed by atoms with van der Waals surface area (Å²) >= 11 is 0. The molecule has 0 bridgehead atoms. The molecule has 4 rings (SSSR count). The van der Waals surface area contributed by atoms with Gasteiger partial charge in [0.1, 0.15) is 5.52 Å². The lowest BCUT2D eigenvalue weighted by Crippen LogP contribution is -2.21. The number of aryl methyl sites for hydroxylation is 1. The number of benzene rings is 1. The van der Waals surface area contributed by atoms with Gasteiger partial charge in [0.15, 0.2) is 5.65 Å². The number of rotatable bonds is 1. The normalized spacial score (nSPS) is 11.3. The van der Waals surface area contributed by atoms with Gasteiger partial charge in [0.05, 0.1) is 5.52 Å². The molecule has 0 aliphatic heterocycles. The quantitative estimate of drug-likeness (QED) is 0.536. The molecule has 0 spiro atoms. The minimum Gasteiger partial charge on any atom is -0.295 e. The standard InChI is InChI=1S/C17H13N3O/c1-12-6-8-13(9-7-12)20-14-4-2-10-18-16(14)19-11-3-5-15(19)17(20)21/h2-11H,1H3. The van der Waals surface area contributed by atoms with Gasteiger partial charge in [-0.05, 0) is 43.3 Å². The van der Waals surface area contributed by atoms with Crippen molar-refractivity contribution in [3.05, 3.63) is 76.8 Å². The second-order valence-electron chi connectivity index (χ2n) is 5.09. The molecular formula is C17H13N3O. The SMILES string of the molecule is Cc1ccc(-n2c(=O)c3cccn3c3ncccc32)cc1. The summed E-state index contributed by atoms with van der Waals surface area (Å²) in [4.78, 5) is 17.2. The van der Waals surface area contributed by atoms with E-state index in [0.717, 1.165) is 22.4 Å². The highest BCUT2D eigenvalue weighted by atomic mass is 16.1. The topological polar surface area (TPSA) is 39.3 Å². The second kappa shape index (κ2) is 4.31. The zero-order valence-electron chi connectivity index (χ0n) is 11.5. The maximum atomic E-state index is 12.8. The number of nitrogens with zero attached hydrogens (tertiary/aromatic N) is 3. The Balaban J connectivity index is 2.22. The third-order valence-corrected chi connectivity index (χ3v) is 3.70. The first-order chi connectivity index (χ1) is 10.3.